The van der Waals surface area contributed by atoms with Gasteiger partial charge in [0.25, 0.3) is 5.91 Å². The van der Waals surface area contributed by atoms with Crippen LogP contribution in [0.1, 0.15) is 15.9 Å². The van der Waals surface area contributed by atoms with Crippen LogP contribution < -0.4 is 5.73 Å². The number of rotatable bonds is 4. The maximum Gasteiger partial charge on any atom is 0.254 e. The fraction of sp³-hybridized carbons (Fsp3) is 0.300. The van der Waals surface area contributed by atoms with Gasteiger partial charge in [0, 0.05) is 31.7 Å². The van der Waals surface area contributed by atoms with E-state index in [1.54, 1.807) is 15.9 Å². The van der Waals surface area contributed by atoms with Crippen molar-refractivity contribution in [1.29, 1.82) is 0 Å². The molecule has 144 valence electrons. The van der Waals surface area contributed by atoms with Crippen LogP contribution >= 0.6 is 12.4 Å². The van der Waals surface area contributed by atoms with E-state index in [-0.39, 0.29) is 24.2 Å². The van der Waals surface area contributed by atoms with Crippen LogP contribution in [0.5, 0.6) is 0 Å². The van der Waals surface area contributed by atoms with Crippen LogP contribution in [0.25, 0.3) is 0 Å². The first-order chi connectivity index (χ1) is 12.5. The highest BCUT2D eigenvalue weighted by Gasteiger charge is 2.27. The fourth-order valence-electron chi connectivity index (χ4n) is 3.12. The number of carbonyl (C=O) groups is 2. The van der Waals surface area contributed by atoms with E-state index in [0.717, 1.165) is 5.56 Å². The number of hydrogen-bond donors (Lipinski definition) is 1. The van der Waals surface area contributed by atoms with Gasteiger partial charge in [0.05, 0.1) is 6.04 Å². The number of piperazine rings is 1. The van der Waals surface area contributed by atoms with Gasteiger partial charge in [-0.3, -0.25) is 9.59 Å². The molecule has 2 aromatic carbocycles. The molecule has 0 saturated carbocycles. The van der Waals surface area contributed by atoms with E-state index in [4.69, 9.17) is 5.73 Å². The van der Waals surface area contributed by atoms with Crippen molar-refractivity contribution in [2.24, 2.45) is 5.73 Å². The zero-order valence-corrected chi connectivity index (χ0v) is 15.7. The Morgan fingerprint density at radius 3 is 2.22 bits per heavy atom. The van der Waals surface area contributed by atoms with Crippen molar-refractivity contribution in [1.82, 2.24) is 9.80 Å². The van der Waals surface area contributed by atoms with E-state index in [1.807, 2.05) is 30.3 Å². The highest BCUT2D eigenvalue weighted by molar-refractivity contribution is 5.94. The molecule has 1 atom stereocenters. The third-order valence-electron chi connectivity index (χ3n) is 4.57. The summed E-state index contributed by atoms with van der Waals surface area (Å²) in [5, 5.41) is 0. The molecule has 0 spiro atoms. The van der Waals surface area contributed by atoms with Crippen molar-refractivity contribution < 1.29 is 14.0 Å². The summed E-state index contributed by atoms with van der Waals surface area (Å²) in [5.41, 5.74) is 7.41. The zero-order valence-electron chi connectivity index (χ0n) is 14.9. The lowest BCUT2D eigenvalue weighted by molar-refractivity contribution is -0.134. The Kier molecular flexibility index (Phi) is 7.33. The lowest BCUT2D eigenvalue weighted by Gasteiger charge is -2.36. The van der Waals surface area contributed by atoms with Gasteiger partial charge < -0.3 is 15.5 Å². The number of benzene rings is 2. The van der Waals surface area contributed by atoms with E-state index >= 15 is 0 Å². The van der Waals surface area contributed by atoms with E-state index in [2.05, 4.69) is 0 Å². The van der Waals surface area contributed by atoms with Gasteiger partial charge in [0.2, 0.25) is 5.91 Å². The molecule has 0 radical (unpaired) electrons. The quantitative estimate of drug-likeness (QED) is 0.868. The van der Waals surface area contributed by atoms with Crippen molar-refractivity contribution in [3.63, 3.8) is 0 Å². The predicted octanol–water partition coefficient (Wildman–Crippen LogP) is 2.10. The fourth-order valence-corrected chi connectivity index (χ4v) is 3.12. The normalized spacial score (nSPS) is 15.0. The minimum atomic E-state index is -0.595. The van der Waals surface area contributed by atoms with Gasteiger partial charge in [0.15, 0.2) is 0 Å². The molecule has 3 rings (SSSR count). The largest absolute Gasteiger partial charge is 0.338 e. The first-order valence-electron chi connectivity index (χ1n) is 8.68. The number of halogens is 2. The van der Waals surface area contributed by atoms with Gasteiger partial charge >= 0.3 is 0 Å². The third-order valence-corrected chi connectivity index (χ3v) is 4.57. The van der Waals surface area contributed by atoms with Crippen LogP contribution in [-0.4, -0.2) is 53.8 Å². The third kappa shape index (κ3) is 5.28. The summed E-state index contributed by atoms with van der Waals surface area (Å²) < 4.78 is 13.3. The Morgan fingerprint density at radius 2 is 1.59 bits per heavy atom. The summed E-state index contributed by atoms with van der Waals surface area (Å²) in [5.74, 6) is -0.756. The van der Waals surface area contributed by atoms with Crippen molar-refractivity contribution in [2.45, 2.75) is 12.5 Å². The van der Waals surface area contributed by atoms with Crippen LogP contribution in [0.3, 0.4) is 0 Å². The van der Waals surface area contributed by atoms with Crippen molar-refractivity contribution in [2.75, 3.05) is 26.2 Å². The number of nitrogens with zero attached hydrogens (tertiary/aromatic N) is 2. The molecule has 0 aliphatic carbocycles. The zero-order chi connectivity index (χ0) is 18.5. The molecular formula is C20H23ClFN3O2. The van der Waals surface area contributed by atoms with E-state index in [9.17, 15) is 14.0 Å². The molecule has 2 N–H and O–H groups in total. The van der Waals surface area contributed by atoms with Crippen LogP contribution in [0.2, 0.25) is 0 Å². The Hall–Kier alpha value is -2.44. The minimum Gasteiger partial charge on any atom is -0.338 e. The summed E-state index contributed by atoms with van der Waals surface area (Å²) >= 11 is 0. The Morgan fingerprint density at radius 1 is 0.963 bits per heavy atom. The lowest BCUT2D eigenvalue weighted by atomic mass is 10.1. The summed E-state index contributed by atoms with van der Waals surface area (Å²) in [6.07, 6.45) is 0.488. The SMILES string of the molecule is Cl.NC(Cc1ccccc1)C(=O)N1CCN(C(=O)c2cccc(F)c2)CC1. The summed E-state index contributed by atoms with van der Waals surface area (Å²) in [7, 11) is 0. The molecule has 5 nitrogen and oxygen atoms in total. The van der Waals surface area contributed by atoms with Gasteiger partial charge in [-0.05, 0) is 30.2 Å². The van der Waals surface area contributed by atoms with E-state index in [1.165, 1.54) is 18.2 Å². The molecule has 1 unspecified atom stereocenters. The Labute approximate surface area is 164 Å². The van der Waals surface area contributed by atoms with Crippen molar-refractivity contribution in [3.8, 4) is 0 Å². The van der Waals surface area contributed by atoms with Crippen LogP contribution in [0, 0.1) is 5.82 Å². The maximum atomic E-state index is 13.3. The van der Waals surface area contributed by atoms with Gasteiger partial charge in [-0.15, -0.1) is 12.4 Å². The second kappa shape index (κ2) is 9.48. The summed E-state index contributed by atoms with van der Waals surface area (Å²) in [4.78, 5) is 28.3. The first-order valence-corrected chi connectivity index (χ1v) is 8.68. The number of nitrogens with two attached hydrogens (primary N) is 1. The highest BCUT2D eigenvalue weighted by atomic mass is 35.5. The Bertz CT molecular complexity index is 780. The molecule has 2 amide bonds. The van der Waals surface area contributed by atoms with Crippen molar-refractivity contribution in [3.05, 3.63) is 71.5 Å². The standard InChI is InChI=1S/C20H22FN3O2.ClH/c21-17-8-4-7-16(14-17)19(25)23-9-11-24(12-10-23)20(26)18(22)13-15-5-2-1-3-6-15;/h1-8,14,18H,9-13,22H2;1H. The van der Waals surface area contributed by atoms with Gasteiger partial charge in [-0.2, -0.15) is 0 Å². The number of amides is 2. The minimum absolute atomic E-state index is 0. The van der Waals surface area contributed by atoms with Crippen LogP contribution in [0.4, 0.5) is 4.39 Å². The predicted molar refractivity (Wildman–Crippen MR) is 104 cm³/mol. The van der Waals surface area contributed by atoms with Gasteiger partial charge in [-0.25, -0.2) is 4.39 Å². The Balaban J connectivity index is 0.00000261. The molecule has 0 aromatic heterocycles. The highest BCUT2D eigenvalue weighted by Crippen LogP contribution is 2.12. The average molecular weight is 392 g/mol. The topological polar surface area (TPSA) is 66.6 Å². The molecule has 0 bridgehead atoms. The summed E-state index contributed by atoms with van der Waals surface area (Å²) in [6.45, 7) is 1.70. The monoisotopic (exact) mass is 391 g/mol. The lowest BCUT2D eigenvalue weighted by Crippen LogP contribution is -2.54. The smallest absolute Gasteiger partial charge is 0.254 e. The maximum absolute atomic E-state index is 13.3. The molecule has 1 aliphatic rings. The second-order valence-corrected chi connectivity index (χ2v) is 6.42. The summed E-state index contributed by atoms with van der Waals surface area (Å²) in [6, 6.07) is 14.7. The number of hydrogen-bond acceptors (Lipinski definition) is 3. The average Bonchev–Trinajstić information content (AvgIpc) is 2.67. The molecule has 7 heteroatoms. The van der Waals surface area contributed by atoms with Gasteiger partial charge in [-0.1, -0.05) is 36.4 Å². The van der Waals surface area contributed by atoms with Crippen LogP contribution in [-0.2, 0) is 11.2 Å². The second-order valence-electron chi connectivity index (χ2n) is 6.42. The molecule has 2 aromatic rings. The first kappa shape index (κ1) is 20.9. The van der Waals surface area contributed by atoms with E-state index < -0.39 is 11.9 Å². The molecule has 1 heterocycles. The van der Waals surface area contributed by atoms with Gasteiger partial charge in [0.1, 0.15) is 5.82 Å². The van der Waals surface area contributed by atoms with E-state index in [0.29, 0.717) is 38.2 Å². The van der Waals surface area contributed by atoms with Crippen LogP contribution in [0.15, 0.2) is 54.6 Å². The molecule has 1 saturated heterocycles. The number of carbonyl (C=O) groups excluding carboxylic acids is 2. The molecule has 1 fully saturated rings. The molecular weight excluding hydrogens is 369 g/mol. The molecule has 1 aliphatic heterocycles. The molecule has 27 heavy (non-hydrogen) atoms. The van der Waals surface area contributed by atoms with Crippen molar-refractivity contribution >= 4 is 24.2 Å².